The molecule has 9 nitrogen and oxygen atoms in total. The summed E-state index contributed by atoms with van der Waals surface area (Å²) in [7, 11) is -6.90. The molecule has 1 saturated carbocycles. The van der Waals surface area contributed by atoms with Crippen LogP contribution in [0.1, 0.15) is 32.1 Å². The van der Waals surface area contributed by atoms with E-state index in [1.807, 2.05) is 0 Å². The third kappa shape index (κ3) is 5.00. The van der Waals surface area contributed by atoms with E-state index >= 15 is 0 Å². The van der Waals surface area contributed by atoms with E-state index in [9.17, 15) is 21.6 Å². The predicted octanol–water partition coefficient (Wildman–Crippen LogP) is -0.419. The number of hydrogen-bond donors (Lipinski definition) is 0. The van der Waals surface area contributed by atoms with Crippen LogP contribution in [0.15, 0.2) is 0 Å². The number of hydrogen-bond acceptors (Lipinski definition) is 7. The summed E-state index contributed by atoms with van der Waals surface area (Å²) in [5.74, 6) is -2.32. The molecule has 0 aromatic heterocycles. The summed E-state index contributed by atoms with van der Waals surface area (Å²) in [4.78, 5) is 13.7. The molecule has 0 N–H and O–H groups in total. The van der Waals surface area contributed by atoms with Gasteiger partial charge in [-0.1, -0.05) is 19.3 Å². The minimum Gasteiger partial charge on any atom is -0.346 e. The monoisotopic (exact) mass is 424 g/mol. The molecule has 3 fully saturated rings. The van der Waals surface area contributed by atoms with Crippen molar-refractivity contribution in [3.05, 3.63) is 0 Å². The lowest BCUT2D eigenvalue weighted by Crippen LogP contribution is -2.64. The van der Waals surface area contributed by atoms with E-state index in [1.54, 1.807) is 0 Å². The largest absolute Gasteiger partial charge is 0.346 e. The lowest BCUT2D eigenvalue weighted by atomic mass is 10.0. The Balaban J connectivity index is 1.71. The van der Waals surface area contributed by atoms with Crippen molar-refractivity contribution in [2.75, 3.05) is 51.4 Å². The van der Waals surface area contributed by atoms with Crippen molar-refractivity contribution in [1.29, 1.82) is 0 Å². The highest BCUT2D eigenvalue weighted by atomic mass is 32.2. The molecule has 1 atom stereocenters. The number of morpholine rings is 2. The molecule has 0 aromatic carbocycles. The molecule has 2 heterocycles. The van der Waals surface area contributed by atoms with E-state index in [1.165, 1.54) is 9.21 Å². The van der Waals surface area contributed by atoms with Crippen molar-refractivity contribution >= 4 is 25.8 Å². The molecule has 0 aromatic rings. The van der Waals surface area contributed by atoms with Crippen LogP contribution in [-0.4, -0.2) is 94.4 Å². The van der Waals surface area contributed by atoms with Gasteiger partial charge in [0.05, 0.1) is 31.6 Å². The van der Waals surface area contributed by atoms with Gasteiger partial charge in [0.1, 0.15) is 5.75 Å². The first-order valence-corrected chi connectivity index (χ1v) is 12.9. The molecule has 1 spiro atoms. The zero-order valence-corrected chi connectivity index (χ0v) is 17.3. The van der Waals surface area contributed by atoms with Gasteiger partial charge < -0.3 is 14.4 Å². The number of rotatable bonds is 4. The summed E-state index contributed by atoms with van der Waals surface area (Å²) >= 11 is 0. The first-order valence-electron chi connectivity index (χ1n) is 9.34. The maximum atomic E-state index is 13.0. The van der Waals surface area contributed by atoms with Gasteiger partial charge in [-0.05, 0) is 12.8 Å². The van der Waals surface area contributed by atoms with Gasteiger partial charge in [-0.15, -0.1) is 0 Å². The van der Waals surface area contributed by atoms with Crippen LogP contribution < -0.4 is 0 Å². The molecule has 1 aliphatic carbocycles. The quantitative estimate of drug-likeness (QED) is 0.603. The Morgan fingerprint density at radius 2 is 1.63 bits per heavy atom. The van der Waals surface area contributed by atoms with Gasteiger partial charge in [-0.3, -0.25) is 4.79 Å². The maximum Gasteiger partial charge on any atom is 0.238 e. The highest BCUT2D eigenvalue weighted by Crippen LogP contribution is 2.31. The third-order valence-electron chi connectivity index (χ3n) is 5.35. The van der Waals surface area contributed by atoms with Crippen LogP contribution in [0.25, 0.3) is 0 Å². The van der Waals surface area contributed by atoms with Crippen molar-refractivity contribution < 1.29 is 31.1 Å². The second-order valence-electron chi connectivity index (χ2n) is 7.63. The SMILES string of the molecule is CS(=O)(=O)CC(=O)N1CCOC2(C1)CN(S(=O)(=O)C1CCCCC1)CCO2. The molecule has 2 aliphatic heterocycles. The minimum absolute atomic E-state index is 0.0223. The Morgan fingerprint density at radius 3 is 2.26 bits per heavy atom. The fourth-order valence-electron chi connectivity index (χ4n) is 3.99. The van der Waals surface area contributed by atoms with E-state index in [0.717, 1.165) is 25.5 Å². The average Bonchev–Trinajstić information content (AvgIpc) is 2.61. The molecule has 1 unspecified atom stereocenters. The first kappa shape index (κ1) is 21.0. The fraction of sp³-hybridized carbons (Fsp3) is 0.938. The van der Waals surface area contributed by atoms with Gasteiger partial charge in [0, 0.05) is 19.3 Å². The number of carbonyl (C=O) groups excluding carboxylic acids is 1. The highest BCUT2D eigenvalue weighted by molar-refractivity contribution is 7.91. The number of carbonyl (C=O) groups is 1. The second kappa shape index (κ2) is 7.94. The summed E-state index contributed by atoms with van der Waals surface area (Å²) in [6.07, 6.45) is 5.27. The van der Waals surface area contributed by atoms with Gasteiger partial charge in [0.2, 0.25) is 15.9 Å². The van der Waals surface area contributed by atoms with Crippen LogP contribution >= 0.6 is 0 Å². The first-order chi connectivity index (χ1) is 12.6. The number of sulfonamides is 1. The zero-order valence-electron chi connectivity index (χ0n) is 15.6. The van der Waals surface area contributed by atoms with E-state index in [2.05, 4.69) is 0 Å². The van der Waals surface area contributed by atoms with Crippen LogP contribution in [-0.2, 0) is 34.1 Å². The van der Waals surface area contributed by atoms with Gasteiger partial charge >= 0.3 is 0 Å². The van der Waals surface area contributed by atoms with E-state index < -0.39 is 37.3 Å². The van der Waals surface area contributed by atoms with Gasteiger partial charge in [0.25, 0.3) is 0 Å². The molecule has 1 amide bonds. The molecule has 156 valence electrons. The van der Waals surface area contributed by atoms with Crippen LogP contribution in [0, 0.1) is 0 Å². The van der Waals surface area contributed by atoms with Crippen molar-refractivity contribution in [3.8, 4) is 0 Å². The molecule has 3 aliphatic rings. The average molecular weight is 425 g/mol. The summed E-state index contributed by atoms with van der Waals surface area (Å²) in [6, 6.07) is 0. The maximum absolute atomic E-state index is 13.0. The molecule has 0 bridgehead atoms. The Bertz CT molecular complexity index is 758. The lowest BCUT2D eigenvalue weighted by molar-refractivity contribution is -0.281. The lowest BCUT2D eigenvalue weighted by Gasteiger charge is -2.47. The summed E-state index contributed by atoms with van der Waals surface area (Å²) < 4.78 is 61.8. The molecule has 27 heavy (non-hydrogen) atoms. The smallest absolute Gasteiger partial charge is 0.238 e. The molecular weight excluding hydrogens is 396 g/mol. The summed E-state index contributed by atoms with van der Waals surface area (Å²) in [6.45, 7) is 0.926. The molecule has 0 radical (unpaired) electrons. The van der Waals surface area contributed by atoms with Crippen molar-refractivity contribution in [3.63, 3.8) is 0 Å². The zero-order chi connectivity index (χ0) is 19.7. The Morgan fingerprint density at radius 1 is 1.00 bits per heavy atom. The van der Waals surface area contributed by atoms with Crippen LogP contribution in [0.4, 0.5) is 0 Å². The Labute approximate surface area is 160 Å². The number of ether oxygens (including phenoxy) is 2. The van der Waals surface area contributed by atoms with Gasteiger partial charge in [0.15, 0.2) is 15.6 Å². The van der Waals surface area contributed by atoms with E-state index in [4.69, 9.17) is 9.47 Å². The molecule has 11 heteroatoms. The van der Waals surface area contributed by atoms with Gasteiger partial charge in [-0.2, -0.15) is 4.31 Å². The van der Waals surface area contributed by atoms with E-state index in [-0.39, 0.29) is 44.6 Å². The third-order valence-corrected chi connectivity index (χ3v) is 8.47. The normalized spacial score (nSPS) is 29.1. The number of amides is 1. The van der Waals surface area contributed by atoms with Crippen LogP contribution in [0.2, 0.25) is 0 Å². The minimum atomic E-state index is -3.45. The second-order valence-corrected chi connectivity index (χ2v) is 12.0. The fourth-order valence-corrected chi connectivity index (χ4v) is 6.67. The number of nitrogens with zero attached hydrogens (tertiary/aromatic N) is 2. The molecule has 2 saturated heterocycles. The topological polar surface area (TPSA) is 110 Å². The number of sulfone groups is 1. The van der Waals surface area contributed by atoms with Crippen molar-refractivity contribution in [2.45, 2.75) is 43.1 Å². The molecule has 3 rings (SSSR count). The van der Waals surface area contributed by atoms with Crippen LogP contribution in [0.5, 0.6) is 0 Å². The summed E-state index contributed by atoms with van der Waals surface area (Å²) in [5, 5.41) is -0.368. The van der Waals surface area contributed by atoms with Gasteiger partial charge in [-0.25, -0.2) is 16.8 Å². The Kier molecular flexibility index (Phi) is 6.17. The van der Waals surface area contributed by atoms with E-state index in [0.29, 0.717) is 12.8 Å². The predicted molar refractivity (Wildman–Crippen MR) is 98.3 cm³/mol. The summed E-state index contributed by atoms with van der Waals surface area (Å²) in [5.41, 5.74) is 0. The van der Waals surface area contributed by atoms with Crippen LogP contribution in [0.3, 0.4) is 0 Å². The Hall–Kier alpha value is -0.750. The van der Waals surface area contributed by atoms with Crippen molar-refractivity contribution in [2.24, 2.45) is 0 Å². The van der Waals surface area contributed by atoms with Crippen molar-refractivity contribution in [1.82, 2.24) is 9.21 Å². The molecular formula is C16H28N2O7S2. The highest BCUT2D eigenvalue weighted by Gasteiger charge is 2.47. The standard InChI is InChI=1S/C16H28N2O7S2/c1-26(20,21)11-15(19)17-7-9-24-16(12-17)13-18(8-10-25-16)27(22,23)14-5-3-2-4-6-14/h14H,2-13H2,1H3.